The Morgan fingerprint density at radius 3 is 2.19 bits per heavy atom. The van der Waals surface area contributed by atoms with Crippen LogP contribution in [0.4, 0.5) is 5.69 Å². The van der Waals surface area contributed by atoms with Crippen LogP contribution in [0.15, 0.2) is 30.3 Å². The van der Waals surface area contributed by atoms with Crippen molar-refractivity contribution < 1.29 is 4.79 Å². The summed E-state index contributed by atoms with van der Waals surface area (Å²) in [5.41, 5.74) is 0.996. The van der Waals surface area contributed by atoms with Crippen LogP contribution in [0.1, 0.15) is 34.1 Å². The molecule has 16 heavy (non-hydrogen) atoms. The summed E-state index contributed by atoms with van der Waals surface area (Å²) in [6.45, 7) is 8.09. The summed E-state index contributed by atoms with van der Waals surface area (Å²) < 4.78 is 0. The summed E-state index contributed by atoms with van der Waals surface area (Å²) in [7, 11) is 0. The molecule has 1 unspecified atom stereocenters. The number of carbonyl (C=O) groups is 1. The monoisotopic (exact) mass is 219 g/mol. The van der Waals surface area contributed by atoms with Gasteiger partial charge in [0.15, 0.2) is 0 Å². The largest absolute Gasteiger partial charge is 0.309 e. The fourth-order valence-electron chi connectivity index (χ4n) is 1.65. The molecule has 1 aromatic carbocycles. The van der Waals surface area contributed by atoms with Gasteiger partial charge in [0.1, 0.15) is 0 Å². The van der Waals surface area contributed by atoms with Gasteiger partial charge < -0.3 is 4.90 Å². The van der Waals surface area contributed by atoms with E-state index >= 15 is 0 Å². The summed E-state index contributed by atoms with van der Waals surface area (Å²) in [5.74, 6) is 0.231. The highest BCUT2D eigenvalue weighted by Gasteiger charge is 2.22. The first-order valence-corrected chi connectivity index (χ1v) is 5.96. The molecule has 88 valence electrons. The second kappa shape index (κ2) is 5.69. The Balaban J connectivity index is 3.01. The third kappa shape index (κ3) is 2.84. The van der Waals surface area contributed by atoms with E-state index in [2.05, 4.69) is 13.8 Å². The van der Waals surface area contributed by atoms with E-state index in [-0.39, 0.29) is 17.9 Å². The fraction of sp³-hybridized carbons (Fsp3) is 0.500. The van der Waals surface area contributed by atoms with Crippen LogP contribution >= 0.6 is 0 Å². The molecular weight excluding hydrogens is 198 g/mol. The van der Waals surface area contributed by atoms with Gasteiger partial charge in [-0.2, -0.15) is 0 Å². The van der Waals surface area contributed by atoms with Crippen molar-refractivity contribution in [1.82, 2.24) is 0 Å². The van der Waals surface area contributed by atoms with Crippen molar-refractivity contribution in [2.75, 3.05) is 4.90 Å². The topological polar surface area (TPSA) is 20.3 Å². The maximum absolute atomic E-state index is 12.2. The molecule has 0 N–H and O–H groups in total. The van der Waals surface area contributed by atoms with E-state index in [4.69, 9.17) is 0 Å². The van der Waals surface area contributed by atoms with E-state index in [9.17, 15) is 4.79 Å². The Morgan fingerprint density at radius 2 is 1.75 bits per heavy atom. The third-order valence-electron chi connectivity index (χ3n) is 2.80. The Labute approximate surface area is 98.3 Å². The first-order valence-electron chi connectivity index (χ1n) is 5.96. The van der Waals surface area contributed by atoms with Crippen molar-refractivity contribution in [2.24, 2.45) is 5.92 Å². The van der Waals surface area contributed by atoms with E-state index in [1.807, 2.05) is 49.1 Å². The molecule has 2 nitrogen and oxygen atoms in total. The van der Waals surface area contributed by atoms with Crippen molar-refractivity contribution >= 4 is 11.6 Å². The van der Waals surface area contributed by atoms with Crippen LogP contribution in [0.3, 0.4) is 0 Å². The number of hydrogen-bond acceptors (Lipinski definition) is 1. The molecule has 2 heteroatoms. The number of anilines is 1. The van der Waals surface area contributed by atoms with Gasteiger partial charge in [-0.05, 0) is 25.5 Å². The molecule has 0 bridgehead atoms. The quantitative estimate of drug-likeness (QED) is 0.759. The fourth-order valence-corrected chi connectivity index (χ4v) is 1.65. The van der Waals surface area contributed by atoms with Gasteiger partial charge in [0.05, 0.1) is 0 Å². The molecule has 0 aliphatic carbocycles. The molecule has 0 saturated heterocycles. The number of amides is 1. The minimum absolute atomic E-state index is 0.0363. The Morgan fingerprint density at radius 1 is 1.19 bits per heavy atom. The molecule has 1 atom stereocenters. The van der Waals surface area contributed by atoms with Crippen molar-refractivity contribution in [3.8, 4) is 0 Å². The number of rotatable bonds is 4. The van der Waals surface area contributed by atoms with Crippen LogP contribution in [0.25, 0.3) is 0 Å². The number of para-hydroxylation sites is 1. The van der Waals surface area contributed by atoms with Gasteiger partial charge in [-0.3, -0.25) is 4.79 Å². The smallest absolute Gasteiger partial charge is 0.229 e. The lowest BCUT2D eigenvalue weighted by Gasteiger charge is -2.30. The van der Waals surface area contributed by atoms with Gasteiger partial charge >= 0.3 is 0 Å². The van der Waals surface area contributed by atoms with Gasteiger partial charge in [-0.1, -0.05) is 39.0 Å². The van der Waals surface area contributed by atoms with Crippen molar-refractivity contribution in [3.63, 3.8) is 0 Å². The Kier molecular flexibility index (Phi) is 4.53. The highest BCUT2D eigenvalue weighted by atomic mass is 16.2. The van der Waals surface area contributed by atoms with Gasteiger partial charge in [0, 0.05) is 17.6 Å². The number of benzene rings is 1. The molecular formula is C14H21NO. The molecule has 1 aromatic rings. The normalized spacial score (nSPS) is 12.6. The highest BCUT2D eigenvalue weighted by molar-refractivity contribution is 5.95. The molecule has 0 spiro atoms. The Bertz CT molecular complexity index is 332. The van der Waals surface area contributed by atoms with Crippen LogP contribution in [-0.4, -0.2) is 11.9 Å². The van der Waals surface area contributed by atoms with Crippen LogP contribution < -0.4 is 4.90 Å². The van der Waals surface area contributed by atoms with Crippen LogP contribution in [-0.2, 0) is 4.79 Å². The van der Waals surface area contributed by atoms with Crippen LogP contribution in [0, 0.1) is 5.92 Å². The maximum Gasteiger partial charge on any atom is 0.229 e. The predicted molar refractivity (Wildman–Crippen MR) is 68.5 cm³/mol. The molecule has 0 saturated carbocycles. The molecule has 0 aliphatic heterocycles. The molecule has 1 amide bonds. The second-order valence-corrected chi connectivity index (χ2v) is 4.46. The third-order valence-corrected chi connectivity index (χ3v) is 2.80. The number of hydrogen-bond donors (Lipinski definition) is 0. The average Bonchev–Trinajstić information content (AvgIpc) is 2.30. The van der Waals surface area contributed by atoms with Crippen LogP contribution in [0.2, 0.25) is 0 Å². The van der Waals surface area contributed by atoms with Crippen molar-refractivity contribution in [2.45, 2.75) is 40.2 Å². The van der Waals surface area contributed by atoms with E-state index < -0.39 is 0 Å². The van der Waals surface area contributed by atoms with E-state index in [1.54, 1.807) is 0 Å². The number of nitrogens with zero attached hydrogens (tertiary/aromatic N) is 1. The zero-order valence-electron chi connectivity index (χ0n) is 10.6. The summed E-state index contributed by atoms with van der Waals surface area (Å²) in [6, 6.07) is 10.1. The lowest BCUT2D eigenvalue weighted by molar-refractivity contribution is -0.121. The zero-order chi connectivity index (χ0) is 12.1. The minimum atomic E-state index is 0.0363. The molecule has 0 fully saturated rings. The SMILES string of the molecule is CCC(C)N(C(=O)C(C)C)c1ccccc1. The van der Waals surface area contributed by atoms with Gasteiger partial charge in [-0.25, -0.2) is 0 Å². The molecule has 0 aromatic heterocycles. The average molecular weight is 219 g/mol. The van der Waals surface area contributed by atoms with Crippen molar-refractivity contribution in [3.05, 3.63) is 30.3 Å². The lowest BCUT2D eigenvalue weighted by atomic mass is 10.1. The molecule has 0 aliphatic rings. The summed E-state index contributed by atoms with van der Waals surface area (Å²) in [4.78, 5) is 14.1. The molecule has 0 heterocycles. The van der Waals surface area contributed by atoms with E-state index in [0.29, 0.717) is 0 Å². The van der Waals surface area contributed by atoms with Gasteiger partial charge in [-0.15, -0.1) is 0 Å². The standard InChI is InChI=1S/C14H21NO/c1-5-12(4)15(14(16)11(2)3)13-9-7-6-8-10-13/h6-12H,5H2,1-4H3. The summed E-state index contributed by atoms with van der Waals surface area (Å²) >= 11 is 0. The van der Waals surface area contributed by atoms with E-state index in [0.717, 1.165) is 12.1 Å². The van der Waals surface area contributed by atoms with Crippen molar-refractivity contribution in [1.29, 1.82) is 0 Å². The second-order valence-electron chi connectivity index (χ2n) is 4.46. The first-order chi connectivity index (χ1) is 7.57. The van der Waals surface area contributed by atoms with Gasteiger partial charge in [0.25, 0.3) is 0 Å². The van der Waals surface area contributed by atoms with E-state index in [1.165, 1.54) is 0 Å². The molecule has 1 rings (SSSR count). The molecule has 0 radical (unpaired) electrons. The highest BCUT2D eigenvalue weighted by Crippen LogP contribution is 2.20. The van der Waals surface area contributed by atoms with Crippen LogP contribution in [0.5, 0.6) is 0 Å². The maximum atomic E-state index is 12.2. The summed E-state index contributed by atoms with van der Waals surface area (Å²) in [6.07, 6.45) is 0.966. The zero-order valence-corrected chi connectivity index (χ0v) is 10.6. The lowest BCUT2D eigenvalue weighted by Crippen LogP contribution is -2.40. The first kappa shape index (κ1) is 12.8. The predicted octanol–water partition coefficient (Wildman–Crippen LogP) is 3.47. The Hall–Kier alpha value is -1.31. The number of carbonyl (C=O) groups excluding carboxylic acids is 1. The minimum Gasteiger partial charge on any atom is -0.309 e. The summed E-state index contributed by atoms with van der Waals surface area (Å²) in [5, 5.41) is 0. The van der Waals surface area contributed by atoms with Gasteiger partial charge in [0.2, 0.25) is 5.91 Å².